The molecule has 2 rings (SSSR count). The zero-order valence-corrected chi connectivity index (χ0v) is 10.5. The van der Waals surface area contributed by atoms with Gasteiger partial charge in [-0.25, -0.2) is 9.59 Å². The van der Waals surface area contributed by atoms with Crippen molar-refractivity contribution in [1.82, 2.24) is 4.90 Å². The van der Waals surface area contributed by atoms with E-state index in [2.05, 4.69) is 0 Å². The summed E-state index contributed by atoms with van der Waals surface area (Å²) in [7, 11) is 0. The van der Waals surface area contributed by atoms with E-state index in [-0.39, 0.29) is 6.04 Å². The molecule has 3 unspecified atom stereocenters. The molecule has 5 nitrogen and oxygen atoms in total. The highest BCUT2D eigenvalue weighted by Gasteiger charge is 2.52. The summed E-state index contributed by atoms with van der Waals surface area (Å²) in [4.78, 5) is 24.6. The predicted molar refractivity (Wildman–Crippen MR) is 60.6 cm³/mol. The van der Waals surface area contributed by atoms with Crippen molar-refractivity contribution in [2.24, 2.45) is 5.92 Å². The molecule has 1 N–H and O–H groups in total. The maximum Gasteiger partial charge on any atom is 0.411 e. The zero-order chi connectivity index (χ0) is 12.8. The van der Waals surface area contributed by atoms with Gasteiger partial charge in [0, 0.05) is 6.04 Å². The van der Waals surface area contributed by atoms with E-state index < -0.39 is 23.7 Å². The summed E-state index contributed by atoms with van der Waals surface area (Å²) in [6, 6.07) is -0.631. The molecule has 5 heteroatoms. The van der Waals surface area contributed by atoms with E-state index in [0.29, 0.717) is 12.3 Å². The minimum Gasteiger partial charge on any atom is -0.480 e. The fraction of sp³-hybridized carbons (Fsp3) is 0.833. The third kappa shape index (κ3) is 2.23. The van der Waals surface area contributed by atoms with Crippen molar-refractivity contribution in [3.63, 3.8) is 0 Å². The lowest BCUT2D eigenvalue weighted by molar-refractivity contribution is -0.142. The van der Waals surface area contributed by atoms with Gasteiger partial charge >= 0.3 is 12.1 Å². The van der Waals surface area contributed by atoms with Gasteiger partial charge in [0.15, 0.2) is 0 Å². The van der Waals surface area contributed by atoms with E-state index in [1.807, 2.05) is 0 Å². The van der Waals surface area contributed by atoms with Crippen LogP contribution in [0.4, 0.5) is 4.79 Å². The van der Waals surface area contributed by atoms with Crippen LogP contribution in [0.25, 0.3) is 0 Å². The lowest BCUT2D eigenvalue weighted by Crippen LogP contribution is -2.49. The fourth-order valence-corrected chi connectivity index (χ4v) is 2.62. The fourth-order valence-electron chi connectivity index (χ4n) is 2.62. The molecule has 0 spiro atoms. The van der Waals surface area contributed by atoms with E-state index >= 15 is 0 Å². The number of fused-ring (bicyclic) bond motifs is 1. The maximum absolute atomic E-state index is 12.0. The van der Waals surface area contributed by atoms with Gasteiger partial charge < -0.3 is 9.84 Å². The molecule has 0 bridgehead atoms. The van der Waals surface area contributed by atoms with Crippen molar-refractivity contribution in [1.29, 1.82) is 0 Å². The topological polar surface area (TPSA) is 66.8 Å². The molecule has 1 saturated heterocycles. The largest absolute Gasteiger partial charge is 0.480 e. The van der Waals surface area contributed by atoms with Crippen LogP contribution in [0.3, 0.4) is 0 Å². The second-order valence-electron chi connectivity index (χ2n) is 5.88. The van der Waals surface area contributed by atoms with Gasteiger partial charge in [-0.05, 0) is 46.0 Å². The summed E-state index contributed by atoms with van der Waals surface area (Å²) in [5.74, 6) is -0.575. The molecular weight excluding hydrogens is 222 g/mol. The number of carboxylic acids is 1. The Hall–Kier alpha value is -1.26. The SMILES string of the molecule is CC(C)(C)OC(=O)N1C(C(=O)O)CC2CCC21. The number of nitrogens with zero attached hydrogens (tertiary/aromatic N) is 1. The van der Waals surface area contributed by atoms with Crippen molar-refractivity contribution >= 4 is 12.1 Å². The lowest BCUT2D eigenvalue weighted by Gasteiger charge is -2.37. The Kier molecular flexibility index (Phi) is 2.79. The average Bonchev–Trinajstić information content (AvgIpc) is 2.35. The molecule has 1 amide bonds. The molecule has 0 aromatic carbocycles. The molecule has 1 aliphatic heterocycles. The Balaban J connectivity index is 2.11. The van der Waals surface area contributed by atoms with Crippen molar-refractivity contribution in [2.75, 3.05) is 0 Å². The highest BCUT2D eigenvalue weighted by Crippen LogP contribution is 2.44. The second kappa shape index (κ2) is 3.89. The van der Waals surface area contributed by atoms with Gasteiger partial charge in [0.2, 0.25) is 0 Å². The Labute approximate surface area is 101 Å². The van der Waals surface area contributed by atoms with E-state index in [1.54, 1.807) is 20.8 Å². The Morgan fingerprint density at radius 3 is 2.35 bits per heavy atom. The van der Waals surface area contributed by atoms with E-state index in [1.165, 1.54) is 4.90 Å². The molecule has 1 aliphatic carbocycles. The Morgan fingerprint density at radius 1 is 1.29 bits per heavy atom. The number of rotatable bonds is 1. The summed E-state index contributed by atoms with van der Waals surface area (Å²) in [5, 5.41) is 9.14. The molecule has 2 aliphatic rings. The summed E-state index contributed by atoms with van der Waals surface area (Å²) in [5.41, 5.74) is -0.581. The first-order chi connectivity index (χ1) is 7.79. The van der Waals surface area contributed by atoms with Gasteiger partial charge in [-0.15, -0.1) is 0 Å². The van der Waals surface area contributed by atoms with Crippen molar-refractivity contribution in [3.05, 3.63) is 0 Å². The molecule has 0 aromatic rings. The van der Waals surface area contributed by atoms with Gasteiger partial charge in [-0.3, -0.25) is 4.90 Å². The number of amides is 1. The summed E-state index contributed by atoms with van der Waals surface area (Å²) < 4.78 is 5.28. The Morgan fingerprint density at radius 2 is 1.94 bits per heavy atom. The predicted octanol–water partition coefficient (Wildman–Crippen LogP) is 1.86. The van der Waals surface area contributed by atoms with Crippen LogP contribution in [0.15, 0.2) is 0 Å². The second-order valence-corrected chi connectivity index (χ2v) is 5.88. The van der Waals surface area contributed by atoms with Crippen LogP contribution in [0.1, 0.15) is 40.0 Å². The van der Waals surface area contributed by atoms with Crippen LogP contribution in [0, 0.1) is 5.92 Å². The first-order valence-electron chi connectivity index (χ1n) is 6.04. The number of carboxylic acid groups (broad SMARTS) is 1. The third-order valence-electron chi connectivity index (χ3n) is 3.49. The van der Waals surface area contributed by atoms with Gasteiger partial charge in [-0.1, -0.05) is 0 Å². The first-order valence-corrected chi connectivity index (χ1v) is 6.04. The summed E-state index contributed by atoms with van der Waals surface area (Å²) >= 11 is 0. The van der Waals surface area contributed by atoms with Crippen molar-refractivity contribution in [2.45, 2.75) is 57.7 Å². The summed E-state index contributed by atoms with van der Waals surface area (Å²) in [6.07, 6.45) is 2.00. The molecule has 3 atom stereocenters. The Bertz CT molecular complexity index is 347. The smallest absolute Gasteiger partial charge is 0.411 e. The van der Waals surface area contributed by atoms with Crippen LogP contribution >= 0.6 is 0 Å². The van der Waals surface area contributed by atoms with Crippen LogP contribution in [0.2, 0.25) is 0 Å². The minimum absolute atomic E-state index is 0.0750. The highest BCUT2D eigenvalue weighted by molar-refractivity contribution is 5.81. The maximum atomic E-state index is 12.0. The number of aliphatic carboxylic acids is 1. The molecule has 0 aromatic heterocycles. The summed E-state index contributed by atoms with van der Waals surface area (Å²) in [6.45, 7) is 5.36. The highest BCUT2D eigenvalue weighted by atomic mass is 16.6. The minimum atomic E-state index is -0.926. The van der Waals surface area contributed by atoms with Gasteiger partial charge in [-0.2, -0.15) is 0 Å². The van der Waals surface area contributed by atoms with Crippen LogP contribution < -0.4 is 0 Å². The third-order valence-corrected chi connectivity index (χ3v) is 3.49. The van der Waals surface area contributed by atoms with Crippen molar-refractivity contribution in [3.8, 4) is 0 Å². The van der Waals surface area contributed by atoms with Gasteiger partial charge in [0.1, 0.15) is 11.6 Å². The number of hydrogen-bond acceptors (Lipinski definition) is 3. The molecule has 96 valence electrons. The number of likely N-dealkylation sites (tertiary alicyclic amines) is 1. The van der Waals surface area contributed by atoms with E-state index in [0.717, 1.165) is 12.8 Å². The number of carbonyl (C=O) groups excluding carboxylic acids is 1. The first kappa shape index (κ1) is 12.2. The average molecular weight is 241 g/mol. The molecule has 1 heterocycles. The molecule has 2 fully saturated rings. The molecule has 0 radical (unpaired) electrons. The van der Waals surface area contributed by atoms with E-state index in [4.69, 9.17) is 9.84 Å². The molecule has 17 heavy (non-hydrogen) atoms. The van der Waals surface area contributed by atoms with Crippen LogP contribution in [0.5, 0.6) is 0 Å². The standard InChI is InChI=1S/C12H19NO4/c1-12(2,3)17-11(16)13-8-5-4-7(8)6-9(13)10(14)15/h7-9H,4-6H2,1-3H3,(H,14,15). The van der Waals surface area contributed by atoms with Crippen LogP contribution in [-0.4, -0.2) is 39.8 Å². The molecule has 1 saturated carbocycles. The number of ether oxygens (including phenoxy) is 1. The van der Waals surface area contributed by atoms with E-state index in [9.17, 15) is 9.59 Å². The number of carbonyl (C=O) groups is 2. The monoisotopic (exact) mass is 241 g/mol. The van der Waals surface area contributed by atoms with Crippen LogP contribution in [-0.2, 0) is 9.53 Å². The molecular formula is C12H19NO4. The zero-order valence-electron chi connectivity index (χ0n) is 10.5. The number of hydrogen-bond donors (Lipinski definition) is 1. The van der Waals surface area contributed by atoms with Crippen molar-refractivity contribution < 1.29 is 19.4 Å². The van der Waals surface area contributed by atoms with Gasteiger partial charge in [0.25, 0.3) is 0 Å². The van der Waals surface area contributed by atoms with Gasteiger partial charge in [0.05, 0.1) is 0 Å². The normalized spacial score (nSPS) is 31.7. The quantitative estimate of drug-likeness (QED) is 0.761. The lowest BCUT2D eigenvalue weighted by atomic mass is 9.80.